The molecule has 0 radical (unpaired) electrons. The summed E-state index contributed by atoms with van der Waals surface area (Å²) in [6, 6.07) is 5.10. The quantitative estimate of drug-likeness (QED) is 0.707. The SMILES string of the molecule is CC(C)c1cc(C(C)C)c2oc(F)cc2c1. The first-order valence-corrected chi connectivity index (χ1v) is 5.72. The zero-order valence-electron chi connectivity index (χ0n) is 10.2. The Morgan fingerprint density at radius 1 is 1.00 bits per heavy atom. The van der Waals surface area contributed by atoms with E-state index in [0.29, 0.717) is 17.4 Å². The molecule has 0 aliphatic heterocycles. The molecule has 0 N–H and O–H groups in total. The summed E-state index contributed by atoms with van der Waals surface area (Å²) >= 11 is 0. The van der Waals surface area contributed by atoms with Crippen molar-refractivity contribution in [3.63, 3.8) is 0 Å². The van der Waals surface area contributed by atoms with Crippen LogP contribution in [-0.2, 0) is 0 Å². The van der Waals surface area contributed by atoms with Crippen molar-refractivity contribution < 1.29 is 8.81 Å². The second kappa shape index (κ2) is 3.93. The molecule has 0 saturated carbocycles. The van der Waals surface area contributed by atoms with Crippen LogP contribution >= 0.6 is 0 Å². The average Bonchev–Trinajstić information content (AvgIpc) is 2.55. The predicted molar refractivity (Wildman–Crippen MR) is 64.4 cm³/mol. The third-order valence-electron chi connectivity index (χ3n) is 2.93. The van der Waals surface area contributed by atoms with E-state index in [1.165, 1.54) is 11.6 Å². The molecule has 2 heteroatoms. The molecule has 1 nitrogen and oxygen atoms in total. The van der Waals surface area contributed by atoms with Gasteiger partial charge < -0.3 is 4.42 Å². The van der Waals surface area contributed by atoms with Gasteiger partial charge in [0.25, 0.3) is 6.01 Å². The van der Waals surface area contributed by atoms with E-state index >= 15 is 0 Å². The minimum Gasteiger partial charge on any atom is -0.431 e. The predicted octanol–water partition coefficient (Wildman–Crippen LogP) is 4.82. The first-order valence-electron chi connectivity index (χ1n) is 5.72. The molecule has 0 aliphatic carbocycles. The second-order valence-electron chi connectivity index (χ2n) is 4.89. The minimum absolute atomic E-state index is 0.340. The Balaban J connectivity index is 2.73. The minimum atomic E-state index is -0.502. The van der Waals surface area contributed by atoms with Crippen molar-refractivity contribution in [2.45, 2.75) is 39.5 Å². The fourth-order valence-corrected chi connectivity index (χ4v) is 1.94. The summed E-state index contributed by atoms with van der Waals surface area (Å²) in [7, 11) is 0. The summed E-state index contributed by atoms with van der Waals surface area (Å²) in [6.07, 6.45) is 0. The first kappa shape index (κ1) is 11.2. The molecule has 0 aliphatic rings. The monoisotopic (exact) mass is 220 g/mol. The number of benzene rings is 1. The van der Waals surface area contributed by atoms with E-state index in [0.717, 1.165) is 10.9 Å². The molecule has 1 aromatic heterocycles. The van der Waals surface area contributed by atoms with E-state index in [-0.39, 0.29) is 0 Å². The Labute approximate surface area is 95.3 Å². The molecule has 0 fully saturated rings. The van der Waals surface area contributed by atoms with Gasteiger partial charge in [-0.25, -0.2) is 0 Å². The number of fused-ring (bicyclic) bond motifs is 1. The number of furan rings is 1. The van der Waals surface area contributed by atoms with E-state index < -0.39 is 6.01 Å². The molecular formula is C14H17FO. The molecule has 0 saturated heterocycles. The maximum Gasteiger partial charge on any atom is 0.278 e. The van der Waals surface area contributed by atoms with Crippen molar-refractivity contribution in [1.29, 1.82) is 0 Å². The summed E-state index contributed by atoms with van der Waals surface area (Å²) in [4.78, 5) is 0. The summed E-state index contributed by atoms with van der Waals surface area (Å²) in [6.45, 7) is 8.47. The smallest absolute Gasteiger partial charge is 0.278 e. The molecule has 0 amide bonds. The standard InChI is InChI=1S/C14H17FO/c1-8(2)10-5-11-7-13(15)16-14(11)12(6-10)9(3)4/h5-9H,1-4H3. The van der Waals surface area contributed by atoms with Crippen LogP contribution in [0, 0.1) is 6.01 Å². The zero-order chi connectivity index (χ0) is 11.9. The average molecular weight is 220 g/mol. The van der Waals surface area contributed by atoms with Gasteiger partial charge in [0.15, 0.2) is 0 Å². The Bertz CT molecular complexity index is 509. The molecule has 0 bridgehead atoms. The van der Waals surface area contributed by atoms with Gasteiger partial charge in [-0.1, -0.05) is 33.8 Å². The summed E-state index contributed by atoms with van der Waals surface area (Å²) in [5.74, 6) is 0.784. The van der Waals surface area contributed by atoms with Crippen LogP contribution in [0.4, 0.5) is 4.39 Å². The Kier molecular flexibility index (Phi) is 2.75. The Morgan fingerprint density at radius 2 is 1.69 bits per heavy atom. The number of rotatable bonds is 2. The van der Waals surface area contributed by atoms with Crippen LogP contribution in [-0.4, -0.2) is 0 Å². The van der Waals surface area contributed by atoms with Gasteiger partial charge in [-0.15, -0.1) is 0 Å². The third-order valence-corrected chi connectivity index (χ3v) is 2.93. The van der Waals surface area contributed by atoms with Crippen molar-refractivity contribution in [1.82, 2.24) is 0 Å². The van der Waals surface area contributed by atoms with E-state index in [1.54, 1.807) is 0 Å². The second-order valence-corrected chi connectivity index (χ2v) is 4.89. The van der Waals surface area contributed by atoms with Gasteiger partial charge in [0.2, 0.25) is 0 Å². The van der Waals surface area contributed by atoms with Crippen LogP contribution in [0.25, 0.3) is 11.0 Å². The van der Waals surface area contributed by atoms with Crippen molar-refractivity contribution in [3.05, 3.63) is 35.3 Å². The molecular weight excluding hydrogens is 203 g/mol. The molecule has 0 unspecified atom stereocenters. The third kappa shape index (κ3) is 1.84. The normalized spacial score (nSPS) is 11.9. The van der Waals surface area contributed by atoms with Crippen molar-refractivity contribution in [2.75, 3.05) is 0 Å². The maximum atomic E-state index is 13.1. The fraction of sp³-hybridized carbons (Fsp3) is 0.429. The number of halogens is 1. The molecule has 0 spiro atoms. The van der Waals surface area contributed by atoms with Crippen LogP contribution in [0.15, 0.2) is 22.6 Å². The van der Waals surface area contributed by atoms with E-state index in [1.807, 2.05) is 6.07 Å². The highest BCUT2D eigenvalue weighted by molar-refractivity contribution is 5.82. The van der Waals surface area contributed by atoms with Gasteiger partial charge in [-0.2, -0.15) is 4.39 Å². The molecule has 1 aromatic carbocycles. The van der Waals surface area contributed by atoms with Crippen LogP contribution in [0.2, 0.25) is 0 Å². The highest BCUT2D eigenvalue weighted by Crippen LogP contribution is 2.31. The fourth-order valence-electron chi connectivity index (χ4n) is 1.94. The molecule has 1 heterocycles. The van der Waals surface area contributed by atoms with Gasteiger partial charge in [0.05, 0.1) is 0 Å². The molecule has 2 rings (SSSR count). The van der Waals surface area contributed by atoms with Crippen LogP contribution in [0.3, 0.4) is 0 Å². The topological polar surface area (TPSA) is 13.1 Å². The van der Waals surface area contributed by atoms with Crippen molar-refractivity contribution >= 4 is 11.0 Å². The lowest BCUT2D eigenvalue weighted by atomic mass is 9.94. The van der Waals surface area contributed by atoms with Gasteiger partial charge in [-0.05, 0) is 29.0 Å². The van der Waals surface area contributed by atoms with Crippen molar-refractivity contribution in [2.24, 2.45) is 0 Å². The summed E-state index contributed by atoms with van der Waals surface area (Å²) in [5.41, 5.74) is 3.01. The Morgan fingerprint density at radius 3 is 2.25 bits per heavy atom. The highest BCUT2D eigenvalue weighted by Gasteiger charge is 2.14. The van der Waals surface area contributed by atoms with Crippen LogP contribution < -0.4 is 0 Å². The molecule has 86 valence electrons. The summed E-state index contributed by atoms with van der Waals surface area (Å²) < 4.78 is 18.3. The molecule has 2 aromatic rings. The van der Waals surface area contributed by atoms with Gasteiger partial charge in [0.1, 0.15) is 5.58 Å². The van der Waals surface area contributed by atoms with Gasteiger partial charge in [0, 0.05) is 11.5 Å². The molecule has 16 heavy (non-hydrogen) atoms. The maximum absolute atomic E-state index is 13.1. The van der Waals surface area contributed by atoms with Gasteiger partial charge in [-0.3, -0.25) is 0 Å². The highest BCUT2D eigenvalue weighted by atomic mass is 19.1. The van der Waals surface area contributed by atoms with E-state index in [4.69, 9.17) is 4.42 Å². The molecule has 0 atom stereocenters. The summed E-state index contributed by atoms with van der Waals surface area (Å²) in [5, 5.41) is 0.868. The van der Waals surface area contributed by atoms with E-state index in [9.17, 15) is 4.39 Å². The first-order chi connectivity index (χ1) is 7.49. The lowest BCUT2D eigenvalue weighted by molar-refractivity contribution is 0.379. The lowest BCUT2D eigenvalue weighted by Gasteiger charge is -2.11. The number of hydrogen-bond donors (Lipinski definition) is 0. The zero-order valence-corrected chi connectivity index (χ0v) is 10.2. The lowest BCUT2D eigenvalue weighted by Crippen LogP contribution is -1.93. The van der Waals surface area contributed by atoms with Crippen molar-refractivity contribution in [3.8, 4) is 0 Å². The Hall–Kier alpha value is -1.31. The van der Waals surface area contributed by atoms with Gasteiger partial charge >= 0.3 is 0 Å². The van der Waals surface area contributed by atoms with Crippen LogP contribution in [0.1, 0.15) is 50.7 Å². The van der Waals surface area contributed by atoms with E-state index in [2.05, 4.69) is 33.8 Å². The number of hydrogen-bond acceptors (Lipinski definition) is 1. The van der Waals surface area contributed by atoms with Crippen LogP contribution in [0.5, 0.6) is 0 Å². The largest absolute Gasteiger partial charge is 0.431 e.